The van der Waals surface area contributed by atoms with Gasteiger partial charge in [-0.2, -0.15) is 0 Å². The molecule has 4 nitrogen and oxygen atoms in total. The Balaban J connectivity index is 1.35. The predicted molar refractivity (Wildman–Crippen MR) is 167 cm³/mol. The van der Waals surface area contributed by atoms with Crippen LogP contribution < -0.4 is 0 Å². The monoisotopic (exact) mass is 556 g/mol. The van der Waals surface area contributed by atoms with Crippen molar-refractivity contribution >= 4 is 5.97 Å². The van der Waals surface area contributed by atoms with Crippen LogP contribution in [0, 0.1) is 10.8 Å². The van der Waals surface area contributed by atoms with Crippen molar-refractivity contribution < 1.29 is 19.4 Å². The molecule has 0 aromatic carbocycles. The lowest BCUT2D eigenvalue weighted by molar-refractivity contribution is -0.132. The SMILES string of the molecule is C\C(C=C=C1C(C)(C)CCC[C@]1(C)O)=C/C=C/C=C/C=C(C)/C=C1C=C(/C=C/C23OC2(C)CCCC3(C)C)C(=O)O\1. The van der Waals surface area contributed by atoms with Crippen molar-refractivity contribution in [1.82, 2.24) is 0 Å². The van der Waals surface area contributed by atoms with Gasteiger partial charge in [0.1, 0.15) is 11.4 Å². The number of aliphatic hydroxyl groups is 1. The average molecular weight is 557 g/mol. The Morgan fingerprint density at radius 3 is 2.22 bits per heavy atom. The molecular weight excluding hydrogens is 508 g/mol. The Labute approximate surface area is 247 Å². The summed E-state index contributed by atoms with van der Waals surface area (Å²) in [6, 6.07) is 0. The van der Waals surface area contributed by atoms with Crippen molar-refractivity contribution in [2.75, 3.05) is 0 Å². The third-order valence-electron chi connectivity index (χ3n) is 9.38. The van der Waals surface area contributed by atoms with E-state index in [1.54, 1.807) is 6.08 Å². The first kappa shape index (κ1) is 31.0. The number of hydrogen-bond acceptors (Lipinski definition) is 4. The van der Waals surface area contributed by atoms with E-state index in [0.29, 0.717) is 11.3 Å². The molecule has 1 N–H and O–H groups in total. The molecule has 2 saturated carbocycles. The van der Waals surface area contributed by atoms with Crippen molar-refractivity contribution in [1.29, 1.82) is 0 Å². The second-order valence-electron chi connectivity index (χ2n) is 13.9. The molecule has 0 radical (unpaired) electrons. The van der Waals surface area contributed by atoms with E-state index in [0.717, 1.165) is 48.8 Å². The van der Waals surface area contributed by atoms with Gasteiger partial charge in [-0.05, 0) is 113 Å². The van der Waals surface area contributed by atoms with Crippen molar-refractivity contribution in [3.8, 4) is 0 Å². The predicted octanol–water partition coefficient (Wildman–Crippen LogP) is 8.70. The summed E-state index contributed by atoms with van der Waals surface area (Å²) in [5.74, 6) is 0.223. The van der Waals surface area contributed by atoms with Crippen molar-refractivity contribution in [2.24, 2.45) is 10.8 Å². The van der Waals surface area contributed by atoms with Crippen LogP contribution in [0.3, 0.4) is 0 Å². The summed E-state index contributed by atoms with van der Waals surface area (Å²) in [5, 5.41) is 10.8. The van der Waals surface area contributed by atoms with Crippen LogP contribution in [-0.4, -0.2) is 27.9 Å². The van der Waals surface area contributed by atoms with Crippen LogP contribution in [0.1, 0.15) is 93.9 Å². The smallest absolute Gasteiger partial charge is 0.343 e. The van der Waals surface area contributed by atoms with Gasteiger partial charge in [0.25, 0.3) is 0 Å². The molecule has 0 bridgehead atoms. The maximum absolute atomic E-state index is 12.5. The molecule has 0 amide bonds. The lowest BCUT2D eigenvalue weighted by atomic mass is 9.64. The molecule has 1 saturated heterocycles. The molecule has 3 atom stereocenters. The van der Waals surface area contributed by atoms with E-state index in [-0.39, 0.29) is 28.0 Å². The number of epoxide rings is 1. The van der Waals surface area contributed by atoms with E-state index in [1.807, 2.05) is 75.5 Å². The number of hydrogen-bond donors (Lipinski definition) is 1. The van der Waals surface area contributed by atoms with Crippen LogP contribution in [0.15, 0.2) is 101 Å². The summed E-state index contributed by atoms with van der Waals surface area (Å²) in [5.41, 5.74) is 5.75. The highest BCUT2D eigenvalue weighted by Gasteiger charge is 2.73. The van der Waals surface area contributed by atoms with Gasteiger partial charge in [-0.15, -0.1) is 5.73 Å². The first-order valence-electron chi connectivity index (χ1n) is 15.0. The zero-order valence-electron chi connectivity index (χ0n) is 26.3. The summed E-state index contributed by atoms with van der Waals surface area (Å²) in [6.07, 6.45) is 27.7. The number of cyclic esters (lactones) is 1. The summed E-state index contributed by atoms with van der Waals surface area (Å²) in [6.45, 7) is 17.0. The fourth-order valence-electron chi connectivity index (χ4n) is 6.97. The van der Waals surface area contributed by atoms with Crippen LogP contribution in [0.5, 0.6) is 0 Å². The molecule has 4 aliphatic rings. The second-order valence-corrected chi connectivity index (χ2v) is 13.9. The average Bonchev–Trinajstić information content (AvgIpc) is 3.35. The minimum atomic E-state index is -0.791. The summed E-state index contributed by atoms with van der Waals surface area (Å²) >= 11 is 0. The summed E-state index contributed by atoms with van der Waals surface area (Å²) in [4.78, 5) is 12.5. The maximum atomic E-state index is 12.5. The van der Waals surface area contributed by atoms with Crippen molar-refractivity contribution in [3.05, 3.63) is 101 Å². The van der Waals surface area contributed by atoms with Gasteiger partial charge in [0.15, 0.2) is 0 Å². The van der Waals surface area contributed by atoms with Crippen molar-refractivity contribution in [2.45, 2.75) is 111 Å². The van der Waals surface area contributed by atoms with Gasteiger partial charge in [0, 0.05) is 11.0 Å². The maximum Gasteiger partial charge on any atom is 0.343 e. The molecule has 4 rings (SSSR count). The number of carbonyl (C=O) groups is 1. The Hall–Kier alpha value is -2.91. The highest BCUT2D eigenvalue weighted by molar-refractivity contribution is 5.95. The van der Waals surface area contributed by atoms with E-state index in [1.165, 1.54) is 6.42 Å². The molecule has 2 heterocycles. The number of fused-ring (bicyclic) bond motifs is 1. The Morgan fingerprint density at radius 1 is 0.902 bits per heavy atom. The highest BCUT2D eigenvalue weighted by atomic mass is 16.6. The van der Waals surface area contributed by atoms with E-state index >= 15 is 0 Å². The molecule has 2 aliphatic carbocycles. The molecule has 220 valence electrons. The largest absolute Gasteiger partial charge is 0.423 e. The van der Waals surface area contributed by atoms with Gasteiger partial charge in [0.05, 0.1) is 16.8 Å². The zero-order chi connectivity index (χ0) is 30.1. The number of carbonyl (C=O) groups excluding carboxylic acids is 1. The molecule has 0 spiro atoms. The molecule has 3 fully saturated rings. The molecular formula is C37H48O4. The topological polar surface area (TPSA) is 59.1 Å². The van der Waals surface area contributed by atoms with Gasteiger partial charge in [-0.1, -0.05) is 64.2 Å². The first-order chi connectivity index (χ1) is 19.1. The standard InChI is InChI=1S/C37H48O4/c1-27(17-18-31-33(3,4)20-13-22-35(31,7)39)15-11-9-10-12-16-28(2)25-30-26-29(32(38)40-30)19-24-37-34(5,6)21-14-23-36(37,8)41-37/h9-12,15-17,19,24-26,39H,13-14,20-23H2,1-8H3/b11-9+,12-10+,24-19+,27-15+,28-16+,30-25+/t18?,35-,36?,37?/m0/s1. The molecule has 0 aromatic rings. The van der Waals surface area contributed by atoms with Gasteiger partial charge in [-0.25, -0.2) is 4.79 Å². The molecule has 2 unspecified atom stereocenters. The third kappa shape index (κ3) is 6.61. The van der Waals surface area contributed by atoms with E-state index in [4.69, 9.17) is 9.47 Å². The fraction of sp³-hybridized carbons (Fsp3) is 0.514. The first-order valence-corrected chi connectivity index (χ1v) is 15.0. The fourth-order valence-corrected chi connectivity index (χ4v) is 6.97. The Kier molecular flexibility index (Phi) is 8.63. The third-order valence-corrected chi connectivity index (χ3v) is 9.38. The van der Waals surface area contributed by atoms with Gasteiger partial charge in [-0.3, -0.25) is 0 Å². The molecule has 2 aliphatic heterocycles. The second kappa shape index (κ2) is 11.4. The minimum Gasteiger partial charge on any atom is -0.423 e. The van der Waals surface area contributed by atoms with Gasteiger partial charge < -0.3 is 14.6 Å². The van der Waals surface area contributed by atoms with Crippen molar-refractivity contribution in [3.63, 3.8) is 0 Å². The quantitative estimate of drug-likeness (QED) is 0.147. The number of rotatable bonds is 7. The zero-order valence-corrected chi connectivity index (χ0v) is 26.3. The normalized spacial score (nSPS) is 34.3. The number of ether oxygens (including phenoxy) is 2. The lowest BCUT2D eigenvalue weighted by Gasteiger charge is -2.41. The number of allylic oxidation sites excluding steroid dienone is 10. The van der Waals surface area contributed by atoms with Crippen LogP contribution in [0.4, 0.5) is 0 Å². The Bertz CT molecular complexity index is 1330. The molecule has 41 heavy (non-hydrogen) atoms. The summed E-state index contributed by atoms with van der Waals surface area (Å²) in [7, 11) is 0. The lowest BCUT2D eigenvalue weighted by Crippen LogP contribution is -2.41. The Morgan fingerprint density at radius 2 is 1.56 bits per heavy atom. The van der Waals surface area contributed by atoms with E-state index in [2.05, 4.69) is 46.4 Å². The molecule has 4 heteroatoms. The summed E-state index contributed by atoms with van der Waals surface area (Å²) < 4.78 is 11.8. The molecule has 0 aromatic heterocycles. The van der Waals surface area contributed by atoms with Crippen LogP contribution in [0.25, 0.3) is 0 Å². The van der Waals surface area contributed by atoms with E-state index in [9.17, 15) is 9.90 Å². The van der Waals surface area contributed by atoms with Crippen LogP contribution in [0.2, 0.25) is 0 Å². The highest BCUT2D eigenvalue weighted by Crippen LogP contribution is 2.66. The van der Waals surface area contributed by atoms with Crippen LogP contribution >= 0.6 is 0 Å². The number of esters is 1. The van der Waals surface area contributed by atoms with E-state index < -0.39 is 5.60 Å². The van der Waals surface area contributed by atoms with Gasteiger partial charge in [0.2, 0.25) is 0 Å². The van der Waals surface area contributed by atoms with Crippen LogP contribution in [-0.2, 0) is 14.3 Å². The van der Waals surface area contributed by atoms with Gasteiger partial charge >= 0.3 is 5.97 Å². The minimum absolute atomic E-state index is 0.0370.